The molecule has 90 valence electrons. The Morgan fingerprint density at radius 3 is 2.88 bits per heavy atom. The molecule has 1 N–H and O–H groups in total. The van der Waals surface area contributed by atoms with Crippen molar-refractivity contribution in [3.8, 4) is 0 Å². The molecule has 0 spiro atoms. The van der Waals surface area contributed by atoms with Crippen molar-refractivity contribution in [3.05, 3.63) is 23.8 Å². The maximum atomic E-state index is 9.73. The average molecular weight is 222 g/mol. The summed E-state index contributed by atoms with van der Waals surface area (Å²) in [6, 6.07) is 0. The van der Waals surface area contributed by atoms with Crippen molar-refractivity contribution in [3.63, 3.8) is 0 Å². The molecule has 2 aliphatic rings. The lowest BCUT2D eigenvalue weighted by Gasteiger charge is -2.47. The molecule has 0 amide bonds. The minimum atomic E-state index is -0.183. The number of aliphatic hydroxyl groups excluding tert-OH is 1. The highest BCUT2D eigenvalue weighted by Crippen LogP contribution is 2.54. The molecule has 4 atom stereocenters. The van der Waals surface area contributed by atoms with Crippen molar-refractivity contribution < 1.29 is 9.84 Å². The second kappa shape index (κ2) is 4.01. The fraction of sp³-hybridized carbons (Fsp3) is 0.714. The van der Waals surface area contributed by atoms with Crippen LogP contribution in [0.15, 0.2) is 23.8 Å². The van der Waals surface area contributed by atoms with Crippen molar-refractivity contribution in [2.45, 2.75) is 32.8 Å². The third kappa shape index (κ3) is 1.47. The number of rotatable bonds is 2. The highest BCUT2D eigenvalue weighted by Gasteiger charge is 2.49. The second-order valence-electron chi connectivity index (χ2n) is 5.46. The van der Waals surface area contributed by atoms with Crippen molar-refractivity contribution in [1.82, 2.24) is 0 Å². The summed E-state index contributed by atoms with van der Waals surface area (Å²) in [5, 5.41) is 9.73. The fourth-order valence-electron chi connectivity index (χ4n) is 3.44. The van der Waals surface area contributed by atoms with E-state index in [4.69, 9.17) is 4.74 Å². The van der Waals surface area contributed by atoms with Gasteiger partial charge in [-0.3, -0.25) is 0 Å². The SMILES string of the molecule is C=C1[C@@H](OC)C[C@@H]2C(C)=CC[C@@H]2[C@]1(C)CO. The van der Waals surface area contributed by atoms with Gasteiger partial charge in [-0.05, 0) is 37.2 Å². The van der Waals surface area contributed by atoms with E-state index in [-0.39, 0.29) is 18.1 Å². The summed E-state index contributed by atoms with van der Waals surface area (Å²) in [6.07, 6.45) is 4.51. The number of allylic oxidation sites excluding steroid dienone is 2. The summed E-state index contributed by atoms with van der Waals surface area (Å²) in [5.41, 5.74) is 2.35. The van der Waals surface area contributed by atoms with E-state index in [2.05, 4.69) is 26.5 Å². The Hall–Kier alpha value is -0.600. The van der Waals surface area contributed by atoms with E-state index in [9.17, 15) is 5.11 Å². The topological polar surface area (TPSA) is 29.5 Å². The zero-order chi connectivity index (χ0) is 11.9. The van der Waals surface area contributed by atoms with Crippen LogP contribution in [0, 0.1) is 17.3 Å². The van der Waals surface area contributed by atoms with E-state index in [1.165, 1.54) is 5.57 Å². The lowest BCUT2D eigenvalue weighted by molar-refractivity contribution is -0.00148. The van der Waals surface area contributed by atoms with Gasteiger partial charge in [-0.25, -0.2) is 0 Å². The largest absolute Gasteiger partial charge is 0.395 e. The third-order valence-corrected chi connectivity index (χ3v) is 4.79. The van der Waals surface area contributed by atoms with Crippen LogP contribution in [0.1, 0.15) is 26.7 Å². The summed E-state index contributed by atoms with van der Waals surface area (Å²) in [7, 11) is 1.74. The van der Waals surface area contributed by atoms with Crippen LogP contribution in [0.5, 0.6) is 0 Å². The van der Waals surface area contributed by atoms with Crippen molar-refractivity contribution in [2.24, 2.45) is 17.3 Å². The van der Waals surface area contributed by atoms with Crippen molar-refractivity contribution >= 4 is 0 Å². The van der Waals surface area contributed by atoms with E-state index >= 15 is 0 Å². The van der Waals surface area contributed by atoms with Gasteiger partial charge < -0.3 is 9.84 Å². The molecule has 0 unspecified atom stereocenters. The summed E-state index contributed by atoms with van der Waals surface area (Å²) in [6.45, 7) is 8.67. The normalized spacial score (nSPS) is 43.1. The summed E-state index contributed by atoms with van der Waals surface area (Å²) < 4.78 is 5.52. The van der Waals surface area contributed by atoms with Gasteiger partial charge in [0.15, 0.2) is 0 Å². The molecule has 16 heavy (non-hydrogen) atoms. The Kier molecular flexibility index (Phi) is 2.97. The maximum Gasteiger partial charge on any atom is 0.0790 e. The van der Waals surface area contributed by atoms with Gasteiger partial charge in [-0.15, -0.1) is 0 Å². The molecule has 2 nitrogen and oxygen atoms in total. The standard InChI is InChI=1S/C14H22O2/c1-9-5-6-12-11(9)7-13(16-4)10(2)14(12,3)8-15/h5,11-13,15H,2,6-8H2,1,3-4H3/t11-,12+,13+,14-/m1/s1. The molecule has 0 aromatic heterocycles. The highest BCUT2D eigenvalue weighted by atomic mass is 16.5. The Labute approximate surface area is 98.0 Å². The van der Waals surface area contributed by atoms with Crippen LogP contribution in [0.2, 0.25) is 0 Å². The van der Waals surface area contributed by atoms with E-state index in [1.807, 2.05) is 0 Å². The predicted octanol–water partition coefficient (Wildman–Crippen LogP) is 2.54. The van der Waals surface area contributed by atoms with Crippen LogP contribution < -0.4 is 0 Å². The van der Waals surface area contributed by atoms with Gasteiger partial charge in [-0.2, -0.15) is 0 Å². The molecule has 0 radical (unpaired) electrons. The Bertz CT molecular complexity index is 332. The molecule has 0 bridgehead atoms. The highest BCUT2D eigenvalue weighted by molar-refractivity contribution is 5.28. The Balaban J connectivity index is 2.34. The molecule has 2 aliphatic carbocycles. The number of methoxy groups -OCH3 is 1. The van der Waals surface area contributed by atoms with Gasteiger partial charge in [0.05, 0.1) is 12.7 Å². The number of aliphatic hydroxyl groups is 1. The Morgan fingerprint density at radius 2 is 2.31 bits per heavy atom. The van der Waals surface area contributed by atoms with Gasteiger partial charge in [-0.1, -0.05) is 25.2 Å². The average Bonchev–Trinajstić information content (AvgIpc) is 2.66. The fourth-order valence-corrected chi connectivity index (χ4v) is 3.44. The predicted molar refractivity (Wildman–Crippen MR) is 65.1 cm³/mol. The maximum absolute atomic E-state index is 9.73. The minimum Gasteiger partial charge on any atom is -0.395 e. The first-order chi connectivity index (χ1) is 7.54. The molecule has 2 heteroatoms. The zero-order valence-corrected chi connectivity index (χ0v) is 10.5. The first-order valence-corrected chi connectivity index (χ1v) is 6.04. The molecule has 0 saturated heterocycles. The van der Waals surface area contributed by atoms with E-state index < -0.39 is 0 Å². The molecule has 0 aromatic carbocycles. The minimum absolute atomic E-state index is 0.0971. The molecular formula is C14H22O2. The van der Waals surface area contributed by atoms with E-state index in [0.29, 0.717) is 11.8 Å². The molecule has 1 fully saturated rings. The lowest BCUT2D eigenvalue weighted by atomic mass is 9.60. The first kappa shape index (κ1) is 11.9. The molecular weight excluding hydrogens is 200 g/mol. The van der Waals surface area contributed by atoms with Gasteiger partial charge in [0.25, 0.3) is 0 Å². The van der Waals surface area contributed by atoms with E-state index in [1.54, 1.807) is 7.11 Å². The quantitative estimate of drug-likeness (QED) is 0.728. The molecule has 2 rings (SSSR count). The van der Waals surface area contributed by atoms with E-state index in [0.717, 1.165) is 18.4 Å². The molecule has 1 saturated carbocycles. The van der Waals surface area contributed by atoms with Crippen LogP contribution in [0.25, 0.3) is 0 Å². The smallest absolute Gasteiger partial charge is 0.0790 e. The molecule has 0 heterocycles. The van der Waals surface area contributed by atoms with Crippen molar-refractivity contribution in [2.75, 3.05) is 13.7 Å². The zero-order valence-electron chi connectivity index (χ0n) is 10.5. The van der Waals surface area contributed by atoms with Crippen LogP contribution in [0.4, 0.5) is 0 Å². The van der Waals surface area contributed by atoms with Crippen LogP contribution in [0.3, 0.4) is 0 Å². The third-order valence-electron chi connectivity index (χ3n) is 4.79. The lowest BCUT2D eigenvalue weighted by Crippen LogP contribution is -2.46. The summed E-state index contributed by atoms with van der Waals surface area (Å²) >= 11 is 0. The number of fused-ring (bicyclic) bond motifs is 1. The summed E-state index contributed by atoms with van der Waals surface area (Å²) in [4.78, 5) is 0. The number of hydrogen-bond donors (Lipinski definition) is 1. The molecule has 0 aromatic rings. The first-order valence-electron chi connectivity index (χ1n) is 6.04. The van der Waals surface area contributed by atoms with Gasteiger partial charge in [0.1, 0.15) is 0 Å². The van der Waals surface area contributed by atoms with Gasteiger partial charge in [0, 0.05) is 12.5 Å². The summed E-state index contributed by atoms with van der Waals surface area (Å²) in [5.74, 6) is 1.07. The molecule has 0 aliphatic heterocycles. The van der Waals surface area contributed by atoms with Crippen LogP contribution in [-0.4, -0.2) is 24.9 Å². The van der Waals surface area contributed by atoms with Crippen LogP contribution >= 0.6 is 0 Å². The van der Waals surface area contributed by atoms with Crippen LogP contribution in [-0.2, 0) is 4.74 Å². The number of ether oxygens (including phenoxy) is 1. The Morgan fingerprint density at radius 1 is 1.62 bits per heavy atom. The van der Waals surface area contributed by atoms with Gasteiger partial charge in [0.2, 0.25) is 0 Å². The second-order valence-corrected chi connectivity index (χ2v) is 5.46. The van der Waals surface area contributed by atoms with Crippen molar-refractivity contribution in [1.29, 1.82) is 0 Å². The number of hydrogen-bond acceptors (Lipinski definition) is 2. The monoisotopic (exact) mass is 222 g/mol. The van der Waals surface area contributed by atoms with Gasteiger partial charge >= 0.3 is 0 Å².